The van der Waals surface area contributed by atoms with Crippen molar-refractivity contribution in [2.75, 3.05) is 39.3 Å². The molecule has 8 nitrogen and oxygen atoms in total. The topological polar surface area (TPSA) is 98.8 Å². The van der Waals surface area contributed by atoms with Gasteiger partial charge in [0.05, 0.1) is 15.5 Å². The quantitative estimate of drug-likeness (QED) is 0.578. The van der Waals surface area contributed by atoms with Crippen molar-refractivity contribution in [3.05, 3.63) is 45.3 Å². The number of rotatable bonds is 6. The summed E-state index contributed by atoms with van der Waals surface area (Å²) in [6, 6.07) is 6.93. The average Bonchev–Trinajstić information content (AvgIpc) is 3.13. The number of thioether (sulfide) groups is 1. The van der Waals surface area contributed by atoms with Gasteiger partial charge in [0, 0.05) is 19.6 Å². The van der Waals surface area contributed by atoms with Gasteiger partial charge in [-0.15, -0.1) is 0 Å². The Morgan fingerprint density at radius 1 is 1.12 bits per heavy atom. The predicted molar refractivity (Wildman–Crippen MR) is 132 cm³/mol. The van der Waals surface area contributed by atoms with Gasteiger partial charge in [-0.25, -0.2) is 0 Å². The van der Waals surface area contributed by atoms with E-state index in [1.165, 1.54) is 0 Å². The van der Waals surface area contributed by atoms with Crippen LogP contribution in [0.4, 0.5) is 4.79 Å². The normalized spacial score (nSPS) is 19.7. The second-order valence-corrected chi connectivity index (χ2v) is 10.2. The minimum Gasteiger partial charge on any atom is -0.355 e. The van der Waals surface area contributed by atoms with Gasteiger partial charge in [-0.05, 0) is 80.6 Å². The van der Waals surface area contributed by atoms with Crippen LogP contribution in [0.2, 0.25) is 5.02 Å². The zero-order chi connectivity index (χ0) is 24.1. The van der Waals surface area contributed by atoms with Gasteiger partial charge >= 0.3 is 0 Å². The molecule has 3 aliphatic heterocycles. The van der Waals surface area contributed by atoms with Crippen LogP contribution in [-0.2, 0) is 9.59 Å². The second-order valence-electron chi connectivity index (χ2n) is 8.80. The smallest absolute Gasteiger partial charge is 0.294 e. The number of nitrogens with one attached hydrogen (secondary N) is 2. The molecule has 3 heterocycles. The molecule has 1 aromatic carbocycles. The van der Waals surface area contributed by atoms with E-state index in [-0.39, 0.29) is 18.4 Å². The molecule has 0 atom stereocenters. The maximum atomic E-state index is 12.9. The van der Waals surface area contributed by atoms with Crippen molar-refractivity contribution in [3.63, 3.8) is 0 Å². The molecule has 3 fully saturated rings. The van der Waals surface area contributed by atoms with Crippen LogP contribution in [0.15, 0.2) is 34.7 Å². The van der Waals surface area contributed by atoms with Gasteiger partial charge in [-0.3, -0.25) is 24.1 Å². The highest BCUT2D eigenvalue weighted by Gasteiger charge is 2.39. The molecule has 0 aliphatic carbocycles. The molecule has 182 valence electrons. The molecule has 0 unspecified atom stereocenters. The number of amides is 4. The fraction of sp³-hybridized carbons (Fsp3) is 0.500. The third kappa shape index (κ3) is 5.82. The van der Waals surface area contributed by atoms with Gasteiger partial charge in [0.2, 0.25) is 5.91 Å². The van der Waals surface area contributed by atoms with E-state index in [9.17, 15) is 19.2 Å². The van der Waals surface area contributed by atoms with Gasteiger partial charge < -0.3 is 15.5 Å². The van der Waals surface area contributed by atoms with Crippen LogP contribution in [0, 0.1) is 5.92 Å². The Bertz CT molecular complexity index is 998. The molecule has 0 aromatic heterocycles. The summed E-state index contributed by atoms with van der Waals surface area (Å²) in [5.41, 5.74) is 1.32. The highest BCUT2D eigenvalue weighted by Crippen LogP contribution is 2.36. The lowest BCUT2D eigenvalue weighted by atomic mass is 9.95. The molecule has 0 spiro atoms. The first-order chi connectivity index (χ1) is 16.4. The predicted octanol–water partition coefficient (Wildman–Crippen LogP) is 3.03. The maximum Gasteiger partial charge on any atom is 0.294 e. The van der Waals surface area contributed by atoms with E-state index in [0.717, 1.165) is 54.6 Å². The number of imide groups is 1. The molecule has 0 radical (unpaired) electrons. The van der Waals surface area contributed by atoms with Crippen LogP contribution in [0.1, 0.15) is 42.5 Å². The van der Waals surface area contributed by atoms with Gasteiger partial charge in [0.15, 0.2) is 0 Å². The average molecular weight is 505 g/mol. The van der Waals surface area contributed by atoms with E-state index < -0.39 is 11.1 Å². The summed E-state index contributed by atoms with van der Waals surface area (Å²) < 4.78 is 0. The minimum absolute atomic E-state index is 0.140. The molecule has 4 amide bonds. The molecule has 10 heteroatoms. The molecule has 3 aliphatic rings. The number of hydrogen-bond acceptors (Lipinski definition) is 6. The van der Waals surface area contributed by atoms with E-state index in [2.05, 4.69) is 10.6 Å². The SMILES string of the molecule is O=C(CN1C(=O)SC(=C2CCN(C(=O)c3ccccc3Cl)CC2)C1=O)NCCC1CCNCC1. The molecule has 1 aromatic rings. The Morgan fingerprint density at radius 2 is 1.82 bits per heavy atom. The lowest BCUT2D eigenvalue weighted by molar-refractivity contribution is -0.129. The number of benzene rings is 1. The molecule has 0 bridgehead atoms. The Kier molecular flexibility index (Phi) is 8.28. The Labute approximate surface area is 208 Å². The van der Waals surface area contributed by atoms with Crippen LogP contribution >= 0.6 is 23.4 Å². The van der Waals surface area contributed by atoms with Gasteiger partial charge in [-0.2, -0.15) is 0 Å². The van der Waals surface area contributed by atoms with E-state index in [4.69, 9.17) is 11.6 Å². The summed E-state index contributed by atoms with van der Waals surface area (Å²) in [5, 5.41) is 6.16. The van der Waals surface area contributed by atoms with E-state index in [1.54, 1.807) is 29.2 Å². The van der Waals surface area contributed by atoms with Crippen LogP contribution in [0.5, 0.6) is 0 Å². The second kappa shape index (κ2) is 11.4. The van der Waals surface area contributed by atoms with Crippen molar-refractivity contribution in [3.8, 4) is 0 Å². The number of halogens is 1. The van der Waals surface area contributed by atoms with E-state index in [1.807, 2.05) is 0 Å². The third-order valence-electron chi connectivity index (χ3n) is 6.56. The largest absolute Gasteiger partial charge is 0.355 e. The van der Waals surface area contributed by atoms with Crippen LogP contribution in [0.3, 0.4) is 0 Å². The Balaban J connectivity index is 1.29. The zero-order valence-corrected chi connectivity index (χ0v) is 20.6. The summed E-state index contributed by atoms with van der Waals surface area (Å²) in [5.74, 6) is -0.273. The molecular weight excluding hydrogens is 476 g/mol. The molecule has 4 rings (SSSR count). The number of piperidine rings is 2. The lowest BCUT2D eigenvalue weighted by Crippen LogP contribution is -2.40. The van der Waals surface area contributed by atoms with Crippen molar-refractivity contribution >= 4 is 46.3 Å². The molecule has 0 saturated carbocycles. The fourth-order valence-electron chi connectivity index (χ4n) is 4.55. The zero-order valence-electron chi connectivity index (χ0n) is 19.0. The van der Waals surface area contributed by atoms with Crippen molar-refractivity contribution in [2.24, 2.45) is 5.92 Å². The monoisotopic (exact) mass is 504 g/mol. The Hall–Kier alpha value is -2.36. The number of hydrogen-bond donors (Lipinski definition) is 2. The summed E-state index contributed by atoms with van der Waals surface area (Å²) >= 11 is 7.04. The van der Waals surface area contributed by atoms with E-state index >= 15 is 0 Å². The first-order valence-corrected chi connectivity index (χ1v) is 12.9. The van der Waals surface area contributed by atoms with Crippen LogP contribution < -0.4 is 10.6 Å². The maximum absolute atomic E-state index is 12.9. The molecule has 3 saturated heterocycles. The Morgan fingerprint density at radius 3 is 2.53 bits per heavy atom. The highest BCUT2D eigenvalue weighted by atomic mass is 35.5. The summed E-state index contributed by atoms with van der Waals surface area (Å²) in [4.78, 5) is 53.6. The number of carbonyl (C=O) groups excluding carboxylic acids is 4. The highest BCUT2D eigenvalue weighted by molar-refractivity contribution is 8.18. The summed E-state index contributed by atoms with van der Waals surface area (Å²) in [7, 11) is 0. The van der Waals surface area contributed by atoms with Crippen LogP contribution in [-0.4, -0.2) is 72.0 Å². The summed E-state index contributed by atoms with van der Waals surface area (Å²) in [6.45, 7) is 3.21. The van der Waals surface area contributed by atoms with Gasteiger partial charge in [-0.1, -0.05) is 23.7 Å². The molecule has 34 heavy (non-hydrogen) atoms. The van der Waals surface area contributed by atoms with Crippen molar-refractivity contribution < 1.29 is 19.2 Å². The third-order valence-corrected chi connectivity index (χ3v) is 7.96. The van der Waals surface area contributed by atoms with Gasteiger partial charge in [0.25, 0.3) is 17.1 Å². The molecular formula is C24H29ClN4O4S. The first kappa shape index (κ1) is 24.8. The van der Waals surface area contributed by atoms with E-state index in [0.29, 0.717) is 53.9 Å². The number of likely N-dealkylation sites (tertiary alicyclic amines) is 1. The van der Waals surface area contributed by atoms with Crippen molar-refractivity contribution in [1.82, 2.24) is 20.4 Å². The van der Waals surface area contributed by atoms with Gasteiger partial charge in [0.1, 0.15) is 6.54 Å². The summed E-state index contributed by atoms with van der Waals surface area (Å²) in [6.07, 6.45) is 4.13. The minimum atomic E-state index is -0.421. The first-order valence-electron chi connectivity index (χ1n) is 11.7. The van der Waals surface area contributed by atoms with Crippen LogP contribution in [0.25, 0.3) is 0 Å². The number of carbonyl (C=O) groups is 4. The molecule has 2 N–H and O–H groups in total. The van der Waals surface area contributed by atoms with Crippen molar-refractivity contribution in [2.45, 2.75) is 32.1 Å². The number of nitrogens with zero attached hydrogens (tertiary/aromatic N) is 2. The van der Waals surface area contributed by atoms with Crippen molar-refractivity contribution in [1.29, 1.82) is 0 Å². The lowest BCUT2D eigenvalue weighted by Gasteiger charge is -2.29. The fourth-order valence-corrected chi connectivity index (χ4v) is 5.74. The standard InChI is InChI=1S/C24H29ClN4O4S/c25-19-4-2-1-3-18(19)22(31)28-13-8-17(9-14-28)21-23(32)29(24(33)34-21)15-20(30)27-12-7-16-5-10-26-11-6-16/h1-4,16,26H,5-15H2,(H,27,30).